The molecule has 1 saturated heterocycles. The molecule has 2 atom stereocenters. The standard InChI is InChI=1S/C19H31N3O2/c1-2-22-11-6-7-16(15-22)13-20-19(24)21-14-18(10-12-23)17-8-4-3-5-9-17/h3-5,8-9,16,18,23H,2,6-7,10-15H2,1H3,(H2,20,21,24). The SMILES string of the molecule is CCN1CCCC(CNC(=O)NCC(CCO)c2ccccc2)C1. The highest BCUT2D eigenvalue weighted by molar-refractivity contribution is 5.73. The highest BCUT2D eigenvalue weighted by Crippen LogP contribution is 2.18. The maximum absolute atomic E-state index is 12.1. The van der Waals surface area contributed by atoms with Crippen molar-refractivity contribution in [2.45, 2.75) is 32.1 Å². The molecule has 2 rings (SSSR count). The van der Waals surface area contributed by atoms with Gasteiger partial charge in [0.25, 0.3) is 0 Å². The first-order chi connectivity index (χ1) is 11.7. The van der Waals surface area contributed by atoms with Crippen molar-refractivity contribution >= 4 is 6.03 Å². The van der Waals surface area contributed by atoms with Gasteiger partial charge in [-0.1, -0.05) is 37.3 Å². The lowest BCUT2D eigenvalue weighted by Gasteiger charge is -2.31. The van der Waals surface area contributed by atoms with Gasteiger partial charge in [-0.25, -0.2) is 4.79 Å². The van der Waals surface area contributed by atoms with Crippen LogP contribution >= 0.6 is 0 Å². The smallest absolute Gasteiger partial charge is 0.314 e. The Morgan fingerprint density at radius 2 is 2.12 bits per heavy atom. The molecule has 2 amide bonds. The molecule has 5 nitrogen and oxygen atoms in total. The third-order valence-corrected chi connectivity index (χ3v) is 4.86. The summed E-state index contributed by atoms with van der Waals surface area (Å²) in [6.07, 6.45) is 3.06. The molecule has 5 heteroatoms. The van der Waals surface area contributed by atoms with Gasteiger partial charge in [-0.05, 0) is 43.8 Å². The number of carbonyl (C=O) groups excluding carboxylic acids is 1. The molecule has 1 aromatic carbocycles. The van der Waals surface area contributed by atoms with Crippen LogP contribution in [0.3, 0.4) is 0 Å². The zero-order valence-corrected chi connectivity index (χ0v) is 14.7. The molecular formula is C19H31N3O2. The molecule has 0 spiro atoms. The van der Waals surface area contributed by atoms with Crippen molar-refractivity contribution in [3.8, 4) is 0 Å². The van der Waals surface area contributed by atoms with Crippen LogP contribution in [-0.4, -0.2) is 55.4 Å². The lowest BCUT2D eigenvalue weighted by atomic mass is 9.96. The number of rotatable bonds is 8. The van der Waals surface area contributed by atoms with Crippen LogP contribution in [0.2, 0.25) is 0 Å². The van der Waals surface area contributed by atoms with E-state index < -0.39 is 0 Å². The summed E-state index contributed by atoms with van der Waals surface area (Å²) in [5.41, 5.74) is 1.15. The molecule has 0 bridgehead atoms. The summed E-state index contributed by atoms with van der Waals surface area (Å²) < 4.78 is 0. The molecule has 0 aliphatic carbocycles. The molecule has 1 heterocycles. The fraction of sp³-hybridized carbons (Fsp3) is 0.632. The summed E-state index contributed by atoms with van der Waals surface area (Å²) in [6, 6.07) is 9.93. The number of urea groups is 1. The summed E-state index contributed by atoms with van der Waals surface area (Å²) in [7, 11) is 0. The van der Waals surface area contributed by atoms with Crippen LogP contribution in [0.15, 0.2) is 30.3 Å². The monoisotopic (exact) mass is 333 g/mol. The molecule has 1 aromatic rings. The van der Waals surface area contributed by atoms with E-state index in [9.17, 15) is 9.90 Å². The lowest BCUT2D eigenvalue weighted by Crippen LogP contribution is -2.44. The fourth-order valence-corrected chi connectivity index (χ4v) is 3.39. The molecule has 2 unspecified atom stereocenters. The second kappa shape index (κ2) is 10.3. The Morgan fingerprint density at radius 3 is 2.83 bits per heavy atom. The Labute approximate surface area is 145 Å². The van der Waals surface area contributed by atoms with Crippen molar-refractivity contribution in [3.05, 3.63) is 35.9 Å². The fourth-order valence-electron chi connectivity index (χ4n) is 3.39. The predicted molar refractivity (Wildman–Crippen MR) is 97.1 cm³/mol. The Kier molecular flexibility index (Phi) is 8.05. The van der Waals surface area contributed by atoms with Crippen LogP contribution in [0.4, 0.5) is 4.79 Å². The molecule has 0 radical (unpaired) electrons. The molecule has 1 aliphatic heterocycles. The predicted octanol–water partition coefficient (Wildman–Crippen LogP) is 2.18. The van der Waals surface area contributed by atoms with E-state index in [1.807, 2.05) is 30.3 Å². The average molecular weight is 333 g/mol. The van der Waals surface area contributed by atoms with Crippen molar-refractivity contribution in [3.63, 3.8) is 0 Å². The number of nitrogens with zero attached hydrogens (tertiary/aromatic N) is 1. The van der Waals surface area contributed by atoms with Gasteiger partial charge in [-0.2, -0.15) is 0 Å². The summed E-state index contributed by atoms with van der Waals surface area (Å²) in [5.74, 6) is 0.694. The van der Waals surface area contributed by atoms with E-state index in [1.54, 1.807) is 0 Å². The highest BCUT2D eigenvalue weighted by atomic mass is 16.3. The average Bonchev–Trinajstić information content (AvgIpc) is 2.64. The second-order valence-corrected chi connectivity index (χ2v) is 6.61. The van der Waals surface area contributed by atoms with Gasteiger partial charge in [-0.15, -0.1) is 0 Å². The summed E-state index contributed by atoms with van der Waals surface area (Å²) in [4.78, 5) is 14.5. The van der Waals surface area contributed by atoms with Gasteiger partial charge in [0, 0.05) is 32.2 Å². The van der Waals surface area contributed by atoms with Crippen LogP contribution in [-0.2, 0) is 0 Å². The van der Waals surface area contributed by atoms with E-state index in [0.29, 0.717) is 18.9 Å². The zero-order valence-electron chi connectivity index (χ0n) is 14.7. The summed E-state index contributed by atoms with van der Waals surface area (Å²) >= 11 is 0. The number of carbonyl (C=O) groups is 1. The van der Waals surface area contributed by atoms with Gasteiger partial charge in [0.1, 0.15) is 0 Å². The molecular weight excluding hydrogens is 302 g/mol. The third-order valence-electron chi connectivity index (χ3n) is 4.86. The van der Waals surface area contributed by atoms with Gasteiger partial charge < -0.3 is 20.6 Å². The zero-order chi connectivity index (χ0) is 17.2. The van der Waals surface area contributed by atoms with E-state index >= 15 is 0 Å². The van der Waals surface area contributed by atoms with E-state index in [4.69, 9.17) is 0 Å². The minimum atomic E-state index is -0.109. The minimum absolute atomic E-state index is 0.109. The van der Waals surface area contributed by atoms with Gasteiger partial charge in [0.2, 0.25) is 0 Å². The first kappa shape index (κ1) is 18.7. The van der Waals surface area contributed by atoms with E-state index in [2.05, 4.69) is 22.5 Å². The lowest BCUT2D eigenvalue weighted by molar-refractivity contribution is 0.179. The van der Waals surface area contributed by atoms with Gasteiger partial charge in [-0.3, -0.25) is 0 Å². The molecule has 3 N–H and O–H groups in total. The Morgan fingerprint density at radius 1 is 1.33 bits per heavy atom. The number of amides is 2. The number of hydrogen-bond donors (Lipinski definition) is 3. The van der Waals surface area contributed by atoms with E-state index in [-0.39, 0.29) is 18.6 Å². The Hall–Kier alpha value is -1.59. The van der Waals surface area contributed by atoms with E-state index in [1.165, 1.54) is 19.4 Å². The second-order valence-electron chi connectivity index (χ2n) is 6.61. The normalized spacial score (nSPS) is 19.7. The first-order valence-corrected chi connectivity index (χ1v) is 9.12. The molecule has 0 saturated carbocycles. The van der Waals surface area contributed by atoms with Crippen LogP contribution in [0.1, 0.15) is 37.7 Å². The quantitative estimate of drug-likeness (QED) is 0.683. The maximum Gasteiger partial charge on any atom is 0.314 e. The molecule has 24 heavy (non-hydrogen) atoms. The number of aliphatic hydroxyl groups is 1. The number of aliphatic hydroxyl groups excluding tert-OH is 1. The van der Waals surface area contributed by atoms with Crippen LogP contribution in [0.5, 0.6) is 0 Å². The summed E-state index contributed by atoms with van der Waals surface area (Å²) in [6.45, 7) is 6.93. The molecule has 1 fully saturated rings. The van der Waals surface area contributed by atoms with Crippen molar-refractivity contribution in [1.82, 2.24) is 15.5 Å². The largest absolute Gasteiger partial charge is 0.396 e. The highest BCUT2D eigenvalue weighted by Gasteiger charge is 2.19. The Balaban J connectivity index is 1.73. The molecule has 1 aliphatic rings. The van der Waals surface area contributed by atoms with Crippen LogP contribution in [0.25, 0.3) is 0 Å². The van der Waals surface area contributed by atoms with Crippen LogP contribution in [0, 0.1) is 5.92 Å². The van der Waals surface area contributed by atoms with Crippen molar-refractivity contribution in [1.29, 1.82) is 0 Å². The number of hydrogen-bond acceptors (Lipinski definition) is 3. The summed E-state index contributed by atoms with van der Waals surface area (Å²) in [5, 5.41) is 15.2. The van der Waals surface area contributed by atoms with Crippen molar-refractivity contribution < 1.29 is 9.90 Å². The number of nitrogens with one attached hydrogen (secondary N) is 2. The topological polar surface area (TPSA) is 64.6 Å². The number of piperidine rings is 1. The third kappa shape index (κ3) is 6.13. The number of benzene rings is 1. The van der Waals surface area contributed by atoms with Gasteiger partial charge in [0.05, 0.1) is 0 Å². The van der Waals surface area contributed by atoms with Crippen molar-refractivity contribution in [2.75, 3.05) is 39.3 Å². The molecule has 0 aromatic heterocycles. The van der Waals surface area contributed by atoms with E-state index in [0.717, 1.165) is 25.2 Å². The minimum Gasteiger partial charge on any atom is -0.396 e. The Bertz CT molecular complexity index is 481. The molecule has 134 valence electrons. The van der Waals surface area contributed by atoms with Gasteiger partial charge in [0.15, 0.2) is 0 Å². The van der Waals surface area contributed by atoms with Crippen LogP contribution < -0.4 is 10.6 Å². The number of likely N-dealkylation sites (tertiary alicyclic amines) is 1. The van der Waals surface area contributed by atoms with Gasteiger partial charge >= 0.3 is 6.03 Å². The first-order valence-electron chi connectivity index (χ1n) is 9.12. The maximum atomic E-state index is 12.1. The van der Waals surface area contributed by atoms with Crippen molar-refractivity contribution in [2.24, 2.45) is 5.92 Å².